The number of nitrogens with zero attached hydrogens (tertiary/aromatic N) is 2. The standard InChI is InChI=1S/C40H32N2O/c1-40(2)35-21-10-9-20-33(35)39-38(40)34-26-30(23-24-37(34)42(39)29-17-12-18-31(25-29)43-3)41(28-15-5-4-6-16-28)36-22-11-14-27-13-7-8-19-32(27)36/h4-26H,1-3H3. The Labute approximate surface area is 252 Å². The lowest BCUT2D eigenvalue weighted by molar-refractivity contribution is 0.414. The summed E-state index contributed by atoms with van der Waals surface area (Å²) >= 11 is 0. The molecular formula is C40H32N2O. The largest absolute Gasteiger partial charge is 0.497 e. The van der Waals surface area contributed by atoms with E-state index in [4.69, 9.17) is 4.74 Å². The number of hydrogen-bond donors (Lipinski definition) is 0. The summed E-state index contributed by atoms with van der Waals surface area (Å²) < 4.78 is 8.08. The highest BCUT2D eigenvalue weighted by molar-refractivity contribution is 6.03. The molecule has 0 fully saturated rings. The molecule has 0 spiro atoms. The molecule has 0 saturated heterocycles. The number of hydrogen-bond acceptors (Lipinski definition) is 2. The highest BCUT2D eigenvalue weighted by Gasteiger charge is 2.40. The molecule has 7 aromatic rings. The summed E-state index contributed by atoms with van der Waals surface area (Å²) in [6.07, 6.45) is 0. The average Bonchev–Trinajstić information content (AvgIpc) is 3.52. The zero-order valence-electron chi connectivity index (χ0n) is 24.6. The molecule has 208 valence electrons. The zero-order valence-corrected chi connectivity index (χ0v) is 24.6. The van der Waals surface area contributed by atoms with Crippen LogP contribution in [0.5, 0.6) is 5.75 Å². The molecule has 6 aromatic carbocycles. The molecule has 0 amide bonds. The SMILES string of the molecule is COc1cccc(-n2c3c(c4cc(N(c5ccccc5)c5cccc6ccccc56)ccc42)C(C)(C)c2ccccc2-3)c1. The van der Waals surface area contributed by atoms with E-state index < -0.39 is 0 Å². The highest BCUT2D eigenvalue weighted by Crippen LogP contribution is 2.54. The van der Waals surface area contributed by atoms with Crippen molar-refractivity contribution in [2.24, 2.45) is 0 Å². The van der Waals surface area contributed by atoms with Crippen molar-refractivity contribution >= 4 is 38.7 Å². The average molecular weight is 557 g/mol. The van der Waals surface area contributed by atoms with E-state index in [2.05, 4.69) is 157 Å². The molecule has 0 saturated carbocycles. The van der Waals surface area contributed by atoms with Crippen molar-refractivity contribution in [1.29, 1.82) is 0 Å². The molecule has 1 aliphatic carbocycles. The van der Waals surface area contributed by atoms with Crippen molar-refractivity contribution in [3.63, 3.8) is 0 Å². The lowest BCUT2D eigenvalue weighted by atomic mass is 9.81. The van der Waals surface area contributed by atoms with Crippen molar-refractivity contribution in [3.05, 3.63) is 151 Å². The summed E-state index contributed by atoms with van der Waals surface area (Å²) in [7, 11) is 1.73. The molecular weight excluding hydrogens is 524 g/mol. The van der Waals surface area contributed by atoms with Crippen LogP contribution in [0.3, 0.4) is 0 Å². The van der Waals surface area contributed by atoms with Gasteiger partial charge >= 0.3 is 0 Å². The number of benzene rings is 6. The predicted molar refractivity (Wildman–Crippen MR) is 180 cm³/mol. The summed E-state index contributed by atoms with van der Waals surface area (Å²) in [4.78, 5) is 2.39. The quantitative estimate of drug-likeness (QED) is 0.210. The van der Waals surface area contributed by atoms with Crippen molar-refractivity contribution in [3.8, 4) is 22.7 Å². The molecule has 1 heterocycles. The fraction of sp³-hybridized carbons (Fsp3) is 0.100. The Hall–Kier alpha value is -5.28. The second-order valence-electron chi connectivity index (χ2n) is 11.8. The van der Waals surface area contributed by atoms with Crippen LogP contribution in [0.15, 0.2) is 140 Å². The number of fused-ring (bicyclic) bond motifs is 6. The number of rotatable bonds is 5. The number of para-hydroxylation sites is 1. The molecule has 1 aromatic heterocycles. The van der Waals surface area contributed by atoms with E-state index in [1.807, 2.05) is 6.07 Å². The zero-order chi connectivity index (χ0) is 29.1. The van der Waals surface area contributed by atoms with Gasteiger partial charge < -0.3 is 14.2 Å². The molecule has 3 nitrogen and oxygen atoms in total. The van der Waals surface area contributed by atoms with Crippen molar-refractivity contribution < 1.29 is 4.74 Å². The molecule has 1 aliphatic rings. The lowest BCUT2D eigenvalue weighted by Crippen LogP contribution is -2.15. The maximum atomic E-state index is 5.66. The Morgan fingerprint density at radius 1 is 0.628 bits per heavy atom. The second kappa shape index (κ2) is 9.64. The van der Waals surface area contributed by atoms with Crippen LogP contribution < -0.4 is 9.64 Å². The molecule has 0 radical (unpaired) electrons. The van der Waals surface area contributed by atoms with E-state index in [0.717, 1.165) is 28.5 Å². The predicted octanol–water partition coefficient (Wildman–Crippen LogP) is 10.6. The number of ether oxygens (including phenoxy) is 1. The van der Waals surface area contributed by atoms with Gasteiger partial charge in [0.15, 0.2) is 0 Å². The minimum Gasteiger partial charge on any atom is -0.497 e. The highest BCUT2D eigenvalue weighted by atomic mass is 16.5. The first-order valence-corrected chi connectivity index (χ1v) is 14.8. The van der Waals surface area contributed by atoms with Crippen molar-refractivity contribution in [1.82, 2.24) is 4.57 Å². The Balaban J connectivity index is 1.45. The van der Waals surface area contributed by atoms with E-state index in [0.29, 0.717) is 0 Å². The number of methoxy groups -OCH3 is 1. The normalized spacial score (nSPS) is 13.2. The van der Waals surface area contributed by atoms with Gasteiger partial charge in [0, 0.05) is 44.9 Å². The van der Waals surface area contributed by atoms with Crippen molar-refractivity contribution in [2.75, 3.05) is 12.0 Å². The summed E-state index contributed by atoms with van der Waals surface area (Å²) in [5.41, 5.74) is 10.8. The van der Waals surface area contributed by atoms with Gasteiger partial charge in [-0.15, -0.1) is 0 Å². The van der Waals surface area contributed by atoms with Gasteiger partial charge in [-0.25, -0.2) is 0 Å². The minimum absolute atomic E-state index is 0.163. The number of anilines is 3. The summed E-state index contributed by atoms with van der Waals surface area (Å²) in [6.45, 7) is 4.72. The van der Waals surface area contributed by atoms with Gasteiger partial charge in [0.2, 0.25) is 0 Å². The maximum Gasteiger partial charge on any atom is 0.120 e. The molecule has 43 heavy (non-hydrogen) atoms. The maximum absolute atomic E-state index is 5.66. The van der Waals surface area contributed by atoms with Gasteiger partial charge in [0.1, 0.15) is 5.75 Å². The topological polar surface area (TPSA) is 17.4 Å². The third kappa shape index (κ3) is 3.81. The molecule has 0 bridgehead atoms. The van der Waals surface area contributed by atoms with Crippen LogP contribution >= 0.6 is 0 Å². The molecule has 0 atom stereocenters. The first-order valence-electron chi connectivity index (χ1n) is 14.8. The van der Waals surface area contributed by atoms with Crippen LogP contribution in [0.2, 0.25) is 0 Å². The molecule has 8 rings (SSSR count). The molecule has 0 unspecified atom stereocenters. The van der Waals surface area contributed by atoms with E-state index in [9.17, 15) is 0 Å². The molecule has 0 N–H and O–H groups in total. The van der Waals surface area contributed by atoms with Gasteiger partial charge in [0.25, 0.3) is 0 Å². The Bertz CT molecular complexity index is 2150. The van der Waals surface area contributed by atoms with E-state index in [1.54, 1.807) is 7.11 Å². The van der Waals surface area contributed by atoms with E-state index in [-0.39, 0.29) is 5.41 Å². The van der Waals surface area contributed by atoms with Crippen LogP contribution in [0.1, 0.15) is 25.0 Å². The van der Waals surface area contributed by atoms with Crippen LogP contribution in [0, 0.1) is 0 Å². The summed E-state index contributed by atoms with van der Waals surface area (Å²) in [5.74, 6) is 0.849. The first-order chi connectivity index (χ1) is 21.1. The van der Waals surface area contributed by atoms with Crippen molar-refractivity contribution in [2.45, 2.75) is 19.3 Å². The van der Waals surface area contributed by atoms with Crippen LogP contribution in [-0.4, -0.2) is 11.7 Å². The van der Waals surface area contributed by atoms with Crippen LogP contribution in [0.4, 0.5) is 17.1 Å². The van der Waals surface area contributed by atoms with Crippen LogP contribution in [-0.2, 0) is 5.41 Å². The van der Waals surface area contributed by atoms with E-state index in [1.165, 1.54) is 44.1 Å². The van der Waals surface area contributed by atoms with Gasteiger partial charge in [0.05, 0.1) is 24.0 Å². The molecule has 3 heteroatoms. The third-order valence-corrected chi connectivity index (χ3v) is 9.02. The van der Waals surface area contributed by atoms with Crippen LogP contribution in [0.25, 0.3) is 38.6 Å². The third-order valence-electron chi connectivity index (χ3n) is 9.02. The Morgan fingerprint density at radius 3 is 2.23 bits per heavy atom. The van der Waals surface area contributed by atoms with E-state index >= 15 is 0 Å². The fourth-order valence-electron chi connectivity index (χ4n) is 7.10. The minimum atomic E-state index is -0.163. The fourth-order valence-corrected chi connectivity index (χ4v) is 7.10. The summed E-state index contributed by atoms with van der Waals surface area (Å²) in [6, 6.07) is 50.1. The first kappa shape index (κ1) is 25.4. The number of aromatic nitrogens is 1. The molecule has 0 aliphatic heterocycles. The van der Waals surface area contributed by atoms with Gasteiger partial charge in [-0.2, -0.15) is 0 Å². The smallest absolute Gasteiger partial charge is 0.120 e. The Kier molecular flexibility index (Phi) is 5.70. The second-order valence-corrected chi connectivity index (χ2v) is 11.8. The lowest BCUT2D eigenvalue weighted by Gasteiger charge is -2.27. The van der Waals surface area contributed by atoms with Gasteiger partial charge in [-0.1, -0.05) is 98.8 Å². The van der Waals surface area contributed by atoms with Gasteiger partial charge in [-0.3, -0.25) is 0 Å². The summed E-state index contributed by atoms with van der Waals surface area (Å²) in [5, 5.41) is 3.71. The Morgan fingerprint density at radius 2 is 1.37 bits per heavy atom. The van der Waals surface area contributed by atoms with Gasteiger partial charge in [-0.05, 0) is 65.0 Å². The monoisotopic (exact) mass is 556 g/mol.